The van der Waals surface area contributed by atoms with Crippen molar-refractivity contribution in [2.75, 3.05) is 11.9 Å². The average molecular weight is 412 g/mol. The number of halogens is 2. The minimum absolute atomic E-state index is 0.0874. The second-order valence-electron chi connectivity index (χ2n) is 5.66. The third-order valence-corrected chi connectivity index (χ3v) is 4.25. The number of aromatic hydroxyl groups is 1. The maximum atomic E-state index is 13.7. The molecule has 0 bridgehead atoms. The number of anilines is 1. The highest BCUT2D eigenvalue weighted by Gasteiger charge is 2.24. The monoisotopic (exact) mass is 411 g/mol. The third kappa shape index (κ3) is 5.44. The average Bonchev–Trinajstić information content (AvgIpc) is 2.57. The van der Waals surface area contributed by atoms with E-state index in [1.165, 1.54) is 12.1 Å². The Morgan fingerprint density at radius 3 is 2.56 bits per heavy atom. The van der Waals surface area contributed by atoms with Crippen LogP contribution in [0.5, 0.6) is 5.75 Å². The van der Waals surface area contributed by atoms with Gasteiger partial charge in [-0.15, -0.1) is 0 Å². The largest absolute Gasteiger partial charge is 0.505 e. The van der Waals surface area contributed by atoms with Crippen LogP contribution in [-0.2, 0) is 4.74 Å². The van der Waals surface area contributed by atoms with Crippen molar-refractivity contribution in [1.82, 2.24) is 0 Å². The van der Waals surface area contributed by atoms with E-state index < -0.39 is 23.8 Å². The van der Waals surface area contributed by atoms with E-state index >= 15 is 0 Å². The Morgan fingerprint density at radius 2 is 1.96 bits per heavy atom. The number of ether oxygens (including phenoxy) is 1. The Hall–Kier alpha value is -2.12. The molecule has 3 N–H and O–H groups in total. The van der Waals surface area contributed by atoms with E-state index in [0.29, 0.717) is 17.7 Å². The van der Waals surface area contributed by atoms with Crippen molar-refractivity contribution in [3.63, 3.8) is 0 Å². The van der Waals surface area contributed by atoms with Gasteiger partial charge >= 0.3 is 6.09 Å². The van der Waals surface area contributed by atoms with Crippen LogP contribution in [0.2, 0.25) is 0 Å². The Balaban J connectivity index is 2.15. The highest BCUT2D eigenvalue weighted by Crippen LogP contribution is 2.31. The van der Waals surface area contributed by atoms with E-state index in [0.717, 1.165) is 10.5 Å². The van der Waals surface area contributed by atoms with E-state index in [4.69, 9.17) is 9.84 Å². The summed E-state index contributed by atoms with van der Waals surface area (Å²) >= 11 is 3.31. The van der Waals surface area contributed by atoms with Gasteiger partial charge in [0, 0.05) is 16.8 Å². The van der Waals surface area contributed by atoms with Gasteiger partial charge in [-0.25, -0.2) is 9.18 Å². The predicted octanol–water partition coefficient (Wildman–Crippen LogP) is 4.60. The molecule has 0 aliphatic carbocycles. The van der Waals surface area contributed by atoms with Gasteiger partial charge in [0.25, 0.3) is 0 Å². The first-order valence-corrected chi connectivity index (χ1v) is 8.52. The van der Waals surface area contributed by atoms with Crippen LogP contribution < -0.4 is 5.32 Å². The Bertz CT molecular complexity index is 724. The first-order valence-electron chi connectivity index (χ1n) is 7.73. The number of phenolic OH excluding ortho intramolecular Hbond substituents is 1. The molecule has 0 saturated heterocycles. The van der Waals surface area contributed by atoms with Gasteiger partial charge in [0.15, 0.2) is 11.6 Å². The number of hydrogen-bond donors (Lipinski definition) is 3. The zero-order chi connectivity index (χ0) is 18.4. The molecule has 2 aromatic carbocycles. The van der Waals surface area contributed by atoms with Gasteiger partial charge in [0.05, 0.1) is 0 Å². The summed E-state index contributed by atoms with van der Waals surface area (Å²) < 4.78 is 20.0. The zero-order valence-corrected chi connectivity index (χ0v) is 15.2. The fourth-order valence-corrected chi connectivity index (χ4v) is 2.63. The molecule has 0 aromatic heterocycles. The number of benzene rings is 2. The topological polar surface area (TPSA) is 78.8 Å². The van der Waals surface area contributed by atoms with Crippen molar-refractivity contribution >= 4 is 27.7 Å². The van der Waals surface area contributed by atoms with Gasteiger partial charge in [0.2, 0.25) is 0 Å². The van der Waals surface area contributed by atoms with E-state index in [1.807, 2.05) is 0 Å². The van der Waals surface area contributed by atoms with Crippen LogP contribution in [0.15, 0.2) is 46.9 Å². The number of nitrogens with one attached hydrogen (secondary N) is 1. The fraction of sp³-hybridized carbons (Fsp3) is 0.278. The van der Waals surface area contributed by atoms with Crippen molar-refractivity contribution in [2.45, 2.75) is 19.4 Å². The summed E-state index contributed by atoms with van der Waals surface area (Å²) in [6.07, 6.45) is -1.08. The smallest absolute Gasteiger partial charge is 0.412 e. The van der Waals surface area contributed by atoms with Crippen molar-refractivity contribution in [2.24, 2.45) is 5.92 Å². The molecule has 25 heavy (non-hydrogen) atoms. The van der Waals surface area contributed by atoms with Crippen LogP contribution in [0, 0.1) is 11.7 Å². The van der Waals surface area contributed by atoms with E-state index in [-0.39, 0.29) is 12.5 Å². The summed E-state index contributed by atoms with van der Waals surface area (Å²) in [6, 6.07) is 10.8. The second-order valence-corrected chi connectivity index (χ2v) is 6.57. The molecule has 0 fully saturated rings. The van der Waals surface area contributed by atoms with Crippen LogP contribution in [0.1, 0.15) is 25.0 Å². The molecule has 0 aliphatic rings. The maximum absolute atomic E-state index is 13.7. The highest BCUT2D eigenvalue weighted by atomic mass is 79.9. The quantitative estimate of drug-likeness (QED) is 0.648. The standard InChI is InChI=1S/C18H19BrFNO4/c1-11(8-9-22)17(12-2-7-16(23)15(20)10-12)25-18(24)21-14-5-3-13(19)4-6-14/h2-7,10-11,17,22-23H,8-9H2,1H3,(H,21,24)/t11-,17+/m0/s1. The van der Waals surface area contributed by atoms with Crippen molar-refractivity contribution in [1.29, 1.82) is 0 Å². The van der Waals surface area contributed by atoms with Crippen LogP contribution in [0.3, 0.4) is 0 Å². The molecule has 134 valence electrons. The number of carbonyl (C=O) groups excluding carboxylic acids is 1. The summed E-state index contributed by atoms with van der Waals surface area (Å²) in [5.74, 6) is -1.52. The van der Waals surface area contributed by atoms with Gasteiger partial charge < -0.3 is 14.9 Å². The second kappa shape index (κ2) is 8.82. The molecule has 2 rings (SSSR count). The van der Waals surface area contributed by atoms with Gasteiger partial charge in [0.1, 0.15) is 6.10 Å². The maximum Gasteiger partial charge on any atom is 0.412 e. The van der Waals surface area contributed by atoms with Crippen molar-refractivity contribution in [3.05, 3.63) is 58.3 Å². The molecular formula is C18H19BrFNO4. The summed E-state index contributed by atoms with van der Waals surface area (Å²) in [5, 5.41) is 21.1. The molecule has 0 radical (unpaired) electrons. The van der Waals surface area contributed by atoms with Crippen molar-refractivity contribution < 1.29 is 24.1 Å². The number of amides is 1. The summed E-state index contributed by atoms with van der Waals surface area (Å²) in [6.45, 7) is 1.70. The number of hydrogen-bond acceptors (Lipinski definition) is 4. The lowest BCUT2D eigenvalue weighted by molar-refractivity contribution is 0.0665. The summed E-state index contributed by atoms with van der Waals surface area (Å²) in [7, 11) is 0. The lowest BCUT2D eigenvalue weighted by Crippen LogP contribution is -2.22. The Morgan fingerprint density at radius 1 is 1.28 bits per heavy atom. The molecule has 5 nitrogen and oxygen atoms in total. The van der Waals surface area contributed by atoms with E-state index in [9.17, 15) is 14.3 Å². The summed E-state index contributed by atoms with van der Waals surface area (Å²) in [4.78, 5) is 12.2. The van der Waals surface area contributed by atoms with Crippen LogP contribution in [0.4, 0.5) is 14.9 Å². The molecule has 7 heteroatoms. The normalized spacial score (nSPS) is 13.1. The summed E-state index contributed by atoms with van der Waals surface area (Å²) in [5.41, 5.74) is 0.959. The third-order valence-electron chi connectivity index (χ3n) is 3.73. The molecule has 0 aliphatic heterocycles. The predicted molar refractivity (Wildman–Crippen MR) is 95.9 cm³/mol. The fourth-order valence-electron chi connectivity index (χ4n) is 2.36. The van der Waals surface area contributed by atoms with Gasteiger partial charge in [-0.05, 0) is 54.3 Å². The number of aliphatic hydroxyl groups is 1. The van der Waals surface area contributed by atoms with Gasteiger partial charge in [-0.1, -0.05) is 28.9 Å². The molecule has 0 saturated carbocycles. The number of carbonyl (C=O) groups is 1. The van der Waals surface area contributed by atoms with E-state index in [2.05, 4.69) is 21.2 Å². The van der Waals surface area contributed by atoms with Gasteiger partial charge in [-0.3, -0.25) is 5.32 Å². The van der Waals surface area contributed by atoms with E-state index in [1.54, 1.807) is 31.2 Å². The molecule has 1 amide bonds. The molecule has 0 unspecified atom stereocenters. The molecule has 2 atom stereocenters. The van der Waals surface area contributed by atoms with Crippen LogP contribution in [-0.4, -0.2) is 22.9 Å². The lowest BCUT2D eigenvalue weighted by atomic mass is 9.94. The molecule has 2 aromatic rings. The lowest BCUT2D eigenvalue weighted by Gasteiger charge is -2.24. The number of aliphatic hydroxyl groups excluding tert-OH is 1. The molecule has 0 heterocycles. The minimum Gasteiger partial charge on any atom is -0.505 e. The molecular weight excluding hydrogens is 393 g/mol. The Labute approximate surface area is 153 Å². The van der Waals surface area contributed by atoms with Crippen LogP contribution in [0.25, 0.3) is 0 Å². The number of phenols is 1. The highest BCUT2D eigenvalue weighted by molar-refractivity contribution is 9.10. The van der Waals surface area contributed by atoms with Gasteiger partial charge in [-0.2, -0.15) is 0 Å². The van der Waals surface area contributed by atoms with Crippen LogP contribution >= 0.6 is 15.9 Å². The number of rotatable bonds is 6. The SMILES string of the molecule is C[C@@H](CCO)[C@@H](OC(=O)Nc1ccc(Br)cc1)c1ccc(O)c(F)c1. The minimum atomic E-state index is -0.796. The Kier molecular flexibility index (Phi) is 6.78. The first-order chi connectivity index (χ1) is 11.9. The molecule has 0 spiro atoms. The van der Waals surface area contributed by atoms with Crippen molar-refractivity contribution in [3.8, 4) is 5.75 Å². The zero-order valence-electron chi connectivity index (χ0n) is 13.6. The first kappa shape index (κ1) is 19.2.